The van der Waals surface area contributed by atoms with Crippen LogP contribution in [0.2, 0.25) is 0 Å². The zero-order valence-corrected chi connectivity index (χ0v) is 34.6. The summed E-state index contributed by atoms with van der Waals surface area (Å²) in [7, 11) is 0. The van der Waals surface area contributed by atoms with Crippen molar-refractivity contribution in [3.8, 4) is 44.5 Å². The van der Waals surface area contributed by atoms with Crippen molar-refractivity contribution in [3.05, 3.63) is 277 Å². The first-order valence-electron chi connectivity index (χ1n) is 21.8. The molecule has 0 N–H and O–H groups in total. The summed E-state index contributed by atoms with van der Waals surface area (Å²) in [6.07, 6.45) is 0. The van der Waals surface area contributed by atoms with Crippen LogP contribution in [0.3, 0.4) is 0 Å². The molecule has 2 aliphatic rings. The van der Waals surface area contributed by atoms with E-state index in [2.05, 4.69) is 265 Å². The van der Waals surface area contributed by atoms with E-state index in [-0.39, 0.29) is 0 Å². The Kier molecular flexibility index (Phi) is 8.76. The summed E-state index contributed by atoms with van der Waals surface area (Å²) in [5.41, 5.74) is 21.0. The minimum Gasteiger partial charge on any atom is -0.310 e. The van der Waals surface area contributed by atoms with Gasteiger partial charge in [0.05, 0.1) is 28.2 Å². The normalized spacial score (nSPS) is 12.9. The molecule has 1 aliphatic carbocycles. The molecular weight excluding hydrogens is 761 g/mol. The summed E-state index contributed by atoms with van der Waals surface area (Å²) in [6.45, 7) is 0. The van der Waals surface area contributed by atoms with Crippen LogP contribution in [0.25, 0.3) is 44.5 Å². The number of anilines is 6. The molecule has 12 rings (SSSR count). The molecule has 0 atom stereocenters. The maximum atomic E-state index is 2.50. The number of rotatable bonds is 7. The highest BCUT2D eigenvalue weighted by molar-refractivity contribution is 6.02. The monoisotopic (exact) mass is 802 g/mol. The van der Waals surface area contributed by atoms with Crippen LogP contribution in [0.15, 0.2) is 255 Å². The zero-order valence-electron chi connectivity index (χ0n) is 34.6. The minimum atomic E-state index is -0.577. The van der Waals surface area contributed by atoms with E-state index in [1.54, 1.807) is 0 Å². The van der Waals surface area contributed by atoms with Gasteiger partial charge in [0.2, 0.25) is 0 Å². The second-order valence-electron chi connectivity index (χ2n) is 16.4. The van der Waals surface area contributed by atoms with Crippen molar-refractivity contribution in [1.82, 2.24) is 0 Å². The summed E-state index contributed by atoms with van der Waals surface area (Å²) in [5, 5.41) is 0. The van der Waals surface area contributed by atoms with Gasteiger partial charge in [-0.1, -0.05) is 200 Å². The number of hydrogen-bond acceptors (Lipinski definition) is 2. The molecule has 0 saturated heterocycles. The van der Waals surface area contributed by atoms with Crippen LogP contribution in [0.5, 0.6) is 0 Å². The molecule has 0 saturated carbocycles. The van der Waals surface area contributed by atoms with Crippen LogP contribution in [-0.2, 0) is 5.41 Å². The Morgan fingerprint density at radius 2 is 0.762 bits per heavy atom. The van der Waals surface area contributed by atoms with Crippen LogP contribution in [0.1, 0.15) is 22.3 Å². The van der Waals surface area contributed by atoms with Crippen LogP contribution in [0.4, 0.5) is 34.1 Å². The third kappa shape index (κ3) is 5.80. The predicted octanol–water partition coefficient (Wildman–Crippen LogP) is 16.3. The van der Waals surface area contributed by atoms with Gasteiger partial charge in [0, 0.05) is 22.5 Å². The SMILES string of the molecule is c1ccc(-c2ccc(N(c3ccccc3-c3cccc(-c4ccccc4)c3)c3cccc4c3-c3ccccc3C43c4ccccc4N(c4ccccc4)c4ccccc43)cc2)cc1. The van der Waals surface area contributed by atoms with Gasteiger partial charge in [0.1, 0.15) is 0 Å². The molecule has 63 heavy (non-hydrogen) atoms. The topological polar surface area (TPSA) is 6.48 Å². The molecule has 1 aliphatic heterocycles. The molecule has 0 radical (unpaired) electrons. The van der Waals surface area contributed by atoms with Crippen LogP contribution < -0.4 is 9.80 Å². The Labute approximate surface area is 369 Å². The summed E-state index contributed by atoms with van der Waals surface area (Å²) in [4.78, 5) is 4.95. The quantitative estimate of drug-likeness (QED) is 0.158. The molecule has 0 bridgehead atoms. The van der Waals surface area contributed by atoms with Gasteiger partial charge in [0.15, 0.2) is 0 Å². The third-order valence-corrected chi connectivity index (χ3v) is 13.1. The summed E-state index contributed by atoms with van der Waals surface area (Å²) >= 11 is 0. The lowest BCUT2D eigenvalue weighted by atomic mass is 9.64. The van der Waals surface area contributed by atoms with Gasteiger partial charge in [-0.05, 0) is 110 Å². The zero-order chi connectivity index (χ0) is 41.7. The van der Waals surface area contributed by atoms with Gasteiger partial charge < -0.3 is 9.80 Å². The third-order valence-electron chi connectivity index (χ3n) is 13.1. The molecule has 10 aromatic rings. The fourth-order valence-electron chi connectivity index (χ4n) is 10.4. The maximum absolute atomic E-state index is 2.50. The standard InChI is InChI=1S/C61H42N2/c1-4-20-43(21-5-1)45-38-40-49(41-39-45)62(56-34-15-11-28-50(56)47-25-18-24-46(42-47)44-22-6-2-7-23-44)59-37-19-33-55-60(59)51-29-10-12-30-52(51)61(55)53-31-13-16-35-57(53)63(48-26-8-3-9-27-48)58-36-17-14-32-54(58)61/h1-42H. The molecule has 2 heteroatoms. The highest BCUT2D eigenvalue weighted by Crippen LogP contribution is 2.65. The number of benzene rings is 10. The van der Waals surface area contributed by atoms with E-state index >= 15 is 0 Å². The summed E-state index contributed by atoms with van der Waals surface area (Å²) < 4.78 is 0. The first kappa shape index (κ1) is 36.6. The number of nitrogens with zero attached hydrogens (tertiary/aromatic N) is 2. The van der Waals surface area contributed by atoms with E-state index in [9.17, 15) is 0 Å². The number of para-hydroxylation sites is 4. The smallest absolute Gasteiger partial charge is 0.0755 e. The van der Waals surface area contributed by atoms with E-state index in [1.807, 2.05) is 0 Å². The van der Waals surface area contributed by atoms with Crippen LogP contribution in [-0.4, -0.2) is 0 Å². The Hall–Kier alpha value is -8.20. The maximum Gasteiger partial charge on any atom is 0.0755 e. The number of hydrogen-bond donors (Lipinski definition) is 0. The fourth-order valence-corrected chi connectivity index (χ4v) is 10.4. The van der Waals surface area contributed by atoms with E-state index in [1.165, 1.54) is 72.6 Å². The van der Waals surface area contributed by atoms with E-state index in [0.717, 1.165) is 28.3 Å². The van der Waals surface area contributed by atoms with Crippen molar-refractivity contribution in [3.63, 3.8) is 0 Å². The highest BCUT2D eigenvalue weighted by atomic mass is 15.2. The Balaban J connectivity index is 1.13. The van der Waals surface area contributed by atoms with Gasteiger partial charge >= 0.3 is 0 Å². The molecule has 0 unspecified atom stereocenters. The summed E-state index contributed by atoms with van der Waals surface area (Å²) in [6, 6.07) is 93.3. The Morgan fingerprint density at radius 1 is 0.302 bits per heavy atom. The van der Waals surface area contributed by atoms with Crippen LogP contribution >= 0.6 is 0 Å². The average Bonchev–Trinajstić information content (AvgIpc) is 3.66. The lowest BCUT2D eigenvalue weighted by molar-refractivity contribution is 0.752. The second kappa shape index (κ2) is 15.1. The molecule has 1 heterocycles. The van der Waals surface area contributed by atoms with Crippen molar-refractivity contribution >= 4 is 34.1 Å². The van der Waals surface area contributed by atoms with Gasteiger partial charge in [-0.25, -0.2) is 0 Å². The molecule has 0 fully saturated rings. The summed E-state index contributed by atoms with van der Waals surface area (Å²) in [5.74, 6) is 0. The minimum absolute atomic E-state index is 0.577. The van der Waals surface area contributed by atoms with E-state index < -0.39 is 5.41 Å². The van der Waals surface area contributed by atoms with E-state index in [0.29, 0.717) is 0 Å². The molecular formula is C61H42N2. The first-order valence-corrected chi connectivity index (χ1v) is 21.8. The van der Waals surface area contributed by atoms with Gasteiger partial charge in [0.25, 0.3) is 0 Å². The first-order chi connectivity index (χ1) is 31.3. The largest absolute Gasteiger partial charge is 0.310 e. The average molecular weight is 803 g/mol. The Bertz CT molecular complexity index is 3230. The fraction of sp³-hybridized carbons (Fsp3) is 0.0164. The van der Waals surface area contributed by atoms with Crippen molar-refractivity contribution in [2.75, 3.05) is 9.80 Å². The number of fused-ring (bicyclic) bond motifs is 9. The van der Waals surface area contributed by atoms with Gasteiger partial charge in [-0.2, -0.15) is 0 Å². The molecule has 296 valence electrons. The van der Waals surface area contributed by atoms with Crippen molar-refractivity contribution in [2.24, 2.45) is 0 Å². The molecule has 2 nitrogen and oxygen atoms in total. The second-order valence-corrected chi connectivity index (χ2v) is 16.4. The molecule has 0 aromatic heterocycles. The van der Waals surface area contributed by atoms with E-state index in [4.69, 9.17) is 0 Å². The van der Waals surface area contributed by atoms with Crippen molar-refractivity contribution in [2.45, 2.75) is 5.41 Å². The van der Waals surface area contributed by atoms with Gasteiger partial charge in [-0.15, -0.1) is 0 Å². The molecule has 10 aromatic carbocycles. The molecule has 1 spiro atoms. The lowest BCUT2D eigenvalue weighted by Crippen LogP contribution is -2.36. The van der Waals surface area contributed by atoms with Crippen molar-refractivity contribution in [1.29, 1.82) is 0 Å². The predicted molar refractivity (Wildman–Crippen MR) is 263 cm³/mol. The lowest BCUT2D eigenvalue weighted by Gasteiger charge is -2.45. The van der Waals surface area contributed by atoms with Crippen molar-refractivity contribution < 1.29 is 0 Å². The van der Waals surface area contributed by atoms with Crippen LogP contribution in [0, 0.1) is 0 Å². The Morgan fingerprint density at radius 3 is 1.44 bits per heavy atom. The highest BCUT2D eigenvalue weighted by Gasteiger charge is 2.52. The molecule has 0 amide bonds. The van der Waals surface area contributed by atoms with Gasteiger partial charge in [-0.3, -0.25) is 0 Å².